The van der Waals surface area contributed by atoms with Crippen molar-refractivity contribution in [1.82, 2.24) is 5.32 Å². The zero-order valence-corrected chi connectivity index (χ0v) is 9.30. The number of hydrogen-bond donors (Lipinski definition) is 2. The van der Waals surface area contributed by atoms with Crippen LogP contribution < -0.4 is 10.6 Å². The number of carbonyl (C=O) groups excluding carboxylic acids is 1. The molecule has 1 atom stereocenters. The lowest BCUT2D eigenvalue weighted by Gasteiger charge is -2.22. The Morgan fingerprint density at radius 2 is 2.00 bits per heavy atom. The minimum atomic E-state index is -1.16. The van der Waals surface area contributed by atoms with E-state index in [2.05, 4.69) is 10.6 Å². The van der Waals surface area contributed by atoms with Crippen molar-refractivity contribution in [2.45, 2.75) is 6.10 Å². The summed E-state index contributed by atoms with van der Waals surface area (Å²) in [6, 6.07) is 0.997. The summed E-state index contributed by atoms with van der Waals surface area (Å²) in [4.78, 5) is 11.7. The highest BCUT2D eigenvalue weighted by molar-refractivity contribution is 5.94. The molecule has 1 aromatic carbocycles. The molecule has 0 aliphatic carbocycles. The average molecular weight is 260 g/mol. The molecule has 0 spiro atoms. The number of amides is 1. The van der Waals surface area contributed by atoms with Gasteiger partial charge in [0, 0.05) is 25.2 Å². The average Bonchev–Trinajstić information content (AvgIpc) is 2.34. The highest BCUT2D eigenvalue weighted by atomic mass is 19.1. The summed E-state index contributed by atoms with van der Waals surface area (Å²) in [7, 11) is 0. The van der Waals surface area contributed by atoms with Crippen LogP contribution in [0.1, 0.15) is 0 Å². The van der Waals surface area contributed by atoms with E-state index in [0.29, 0.717) is 25.3 Å². The lowest BCUT2D eigenvalue weighted by atomic mass is 10.2. The summed E-state index contributed by atoms with van der Waals surface area (Å²) in [5.74, 6) is -4.04. The fraction of sp³-hybridized carbons (Fsp3) is 0.364. The highest BCUT2D eigenvalue weighted by Crippen LogP contribution is 2.20. The smallest absolute Gasteiger partial charge is 0.254 e. The van der Waals surface area contributed by atoms with E-state index in [1.807, 2.05) is 0 Å². The van der Waals surface area contributed by atoms with E-state index in [4.69, 9.17) is 4.74 Å². The Hall–Kier alpha value is -1.60. The standard InChI is InChI=1S/C11H11F3N2O2/c12-6-3-7(13)10(8(14)4-6)16-11(17)9-5-15-1-2-18-9/h3-4,9,15H,1-2,5H2,(H,16,17). The zero-order valence-electron chi connectivity index (χ0n) is 9.30. The molecule has 18 heavy (non-hydrogen) atoms. The van der Waals surface area contributed by atoms with Gasteiger partial charge in [0.1, 0.15) is 17.6 Å². The van der Waals surface area contributed by atoms with E-state index in [9.17, 15) is 18.0 Å². The van der Waals surface area contributed by atoms with E-state index >= 15 is 0 Å². The monoisotopic (exact) mass is 260 g/mol. The van der Waals surface area contributed by atoms with E-state index in [1.54, 1.807) is 0 Å². The number of rotatable bonds is 2. The van der Waals surface area contributed by atoms with Gasteiger partial charge in [-0.15, -0.1) is 0 Å². The number of morpholine rings is 1. The third kappa shape index (κ3) is 2.80. The quantitative estimate of drug-likeness (QED) is 0.835. The van der Waals surface area contributed by atoms with Crippen molar-refractivity contribution in [2.24, 2.45) is 0 Å². The van der Waals surface area contributed by atoms with E-state index in [1.165, 1.54) is 0 Å². The molecule has 1 aliphatic rings. The normalized spacial score (nSPS) is 19.6. The fourth-order valence-corrected chi connectivity index (χ4v) is 1.60. The van der Waals surface area contributed by atoms with Gasteiger partial charge in [-0.25, -0.2) is 13.2 Å². The number of ether oxygens (including phenoxy) is 1. The number of halogens is 3. The first-order valence-electron chi connectivity index (χ1n) is 5.35. The number of hydrogen-bond acceptors (Lipinski definition) is 3. The maximum Gasteiger partial charge on any atom is 0.254 e. The largest absolute Gasteiger partial charge is 0.366 e. The number of anilines is 1. The Morgan fingerprint density at radius 1 is 1.33 bits per heavy atom. The van der Waals surface area contributed by atoms with Gasteiger partial charge in [0.05, 0.1) is 6.61 Å². The molecule has 1 fully saturated rings. The summed E-state index contributed by atoms with van der Waals surface area (Å²) >= 11 is 0. The van der Waals surface area contributed by atoms with E-state index < -0.39 is 35.2 Å². The van der Waals surface area contributed by atoms with Gasteiger partial charge in [0.25, 0.3) is 5.91 Å². The molecule has 1 aromatic rings. The van der Waals surface area contributed by atoms with Crippen LogP contribution in [0.25, 0.3) is 0 Å². The zero-order chi connectivity index (χ0) is 13.1. The third-order valence-corrected chi connectivity index (χ3v) is 2.48. The Morgan fingerprint density at radius 3 is 2.56 bits per heavy atom. The molecule has 1 aliphatic heterocycles. The van der Waals surface area contributed by atoms with Crippen molar-refractivity contribution in [3.8, 4) is 0 Å². The molecular weight excluding hydrogens is 249 g/mol. The van der Waals surface area contributed by atoms with E-state index in [-0.39, 0.29) is 6.54 Å². The second-order valence-electron chi connectivity index (χ2n) is 3.80. The first kappa shape index (κ1) is 12.8. The van der Waals surface area contributed by atoms with Crippen LogP contribution in [-0.4, -0.2) is 31.7 Å². The van der Waals surface area contributed by atoms with Gasteiger partial charge in [-0.1, -0.05) is 0 Å². The van der Waals surface area contributed by atoms with Crippen LogP contribution in [-0.2, 0) is 9.53 Å². The second kappa shape index (κ2) is 5.36. The molecule has 0 radical (unpaired) electrons. The SMILES string of the molecule is O=C(Nc1c(F)cc(F)cc1F)C1CNCCO1. The first-order valence-corrected chi connectivity index (χ1v) is 5.35. The highest BCUT2D eigenvalue weighted by Gasteiger charge is 2.24. The molecule has 0 aromatic heterocycles. The van der Waals surface area contributed by atoms with Gasteiger partial charge in [-0.05, 0) is 0 Å². The Labute approximate surface area is 101 Å². The molecule has 0 bridgehead atoms. The molecule has 4 nitrogen and oxygen atoms in total. The van der Waals surface area contributed by atoms with Crippen molar-refractivity contribution in [2.75, 3.05) is 25.0 Å². The molecular formula is C11H11F3N2O2. The van der Waals surface area contributed by atoms with Crippen molar-refractivity contribution in [3.05, 3.63) is 29.6 Å². The second-order valence-corrected chi connectivity index (χ2v) is 3.80. The molecule has 1 saturated heterocycles. The van der Waals surface area contributed by atoms with Crippen LogP contribution in [0.4, 0.5) is 18.9 Å². The van der Waals surface area contributed by atoms with Crippen molar-refractivity contribution < 1.29 is 22.7 Å². The predicted octanol–water partition coefficient (Wildman–Crippen LogP) is 1.03. The van der Waals surface area contributed by atoms with Crippen LogP contribution in [0.3, 0.4) is 0 Å². The van der Waals surface area contributed by atoms with Crippen LogP contribution in [0.15, 0.2) is 12.1 Å². The molecule has 2 rings (SSSR count). The molecule has 1 amide bonds. The fourth-order valence-electron chi connectivity index (χ4n) is 1.60. The minimum absolute atomic E-state index is 0.260. The minimum Gasteiger partial charge on any atom is -0.366 e. The summed E-state index contributed by atoms with van der Waals surface area (Å²) in [6.07, 6.45) is -0.817. The Balaban J connectivity index is 2.11. The first-order chi connectivity index (χ1) is 8.58. The summed E-state index contributed by atoms with van der Waals surface area (Å²) in [6.45, 7) is 1.21. The van der Waals surface area contributed by atoms with Crippen LogP contribution in [0, 0.1) is 17.5 Å². The van der Waals surface area contributed by atoms with Gasteiger partial charge in [0.15, 0.2) is 11.6 Å². The molecule has 1 heterocycles. The molecule has 98 valence electrons. The lowest BCUT2D eigenvalue weighted by Crippen LogP contribution is -2.45. The van der Waals surface area contributed by atoms with Crippen LogP contribution in [0.2, 0.25) is 0 Å². The Kier molecular flexibility index (Phi) is 3.83. The lowest BCUT2D eigenvalue weighted by molar-refractivity contribution is -0.128. The molecule has 0 saturated carbocycles. The summed E-state index contributed by atoms with van der Waals surface area (Å²) in [5.41, 5.74) is -0.671. The van der Waals surface area contributed by atoms with Crippen molar-refractivity contribution >= 4 is 11.6 Å². The van der Waals surface area contributed by atoms with Gasteiger partial charge in [-0.3, -0.25) is 4.79 Å². The third-order valence-electron chi connectivity index (χ3n) is 2.48. The molecule has 2 N–H and O–H groups in total. The molecule has 1 unspecified atom stereocenters. The van der Waals surface area contributed by atoms with Gasteiger partial charge < -0.3 is 15.4 Å². The number of carbonyl (C=O) groups is 1. The number of nitrogens with one attached hydrogen (secondary N) is 2. The van der Waals surface area contributed by atoms with Crippen molar-refractivity contribution in [3.63, 3.8) is 0 Å². The maximum absolute atomic E-state index is 13.3. The Bertz CT molecular complexity index is 439. The maximum atomic E-state index is 13.3. The summed E-state index contributed by atoms with van der Waals surface area (Å²) in [5, 5.41) is 4.96. The van der Waals surface area contributed by atoms with Crippen LogP contribution >= 0.6 is 0 Å². The number of benzene rings is 1. The molecule has 7 heteroatoms. The predicted molar refractivity (Wildman–Crippen MR) is 57.6 cm³/mol. The van der Waals surface area contributed by atoms with Gasteiger partial charge in [-0.2, -0.15) is 0 Å². The summed E-state index contributed by atoms with van der Waals surface area (Å²) < 4.78 is 44.4. The van der Waals surface area contributed by atoms with Crippen molar-refractivity contribution in [1.29, 1.82) is 0 Å². The van der Waals surface area contributed by atoms with Gasteiger partial charge >= 0.3 is 0 Å². The van der Waals surface area contributed by atoms with Gasteiger partial charge in [0.2, 0.25) is 0 Å². The van der Waals surface area contributed by atoms with E-state index in [0.717, 1.165) is 0 Å². The van der Waals surface area contributed by atoms with Crippen LogP contribution in [0.5, 0.6) is 0 Å². The topological polar surface area (TPSA) is 50.4 Å².